The summed E-state index contributed by atoms with van der Waals surface area (Å²) in [4.78, 5) is 30.6. The van der Waals surface area contributed by atoms with Gasteiger partial charge in [-0.15, -0.1) is 11.3 Å². The van der Waals surface area contributed by atoms with E-state index in [1.165, 1.54) is 28.2 Å². The minimum atomic E-state index is -0.142. The van der Waals surface area contributed by atoms with Gasteiger partial charge in [-0.05, 0) is 54.3 Å². The summed E-state index contributed by atoms with van der Waals surface area (Å²) in [5.41, 5.74) is 2.58. The molecule has 5 rings (SSSR count). The topological polar surface area (TPSA) is 40.6 Å². The number of hydrogen-bond donors (Lipinski definition) is 0. The number of rotatable bonds is 4. The number of amides is 2. The lowest BCUT2D eigenvalue weighted by Gasteiger charge is -2.36. The SMILES string of the molecule is O=C1c2ccccc2C(=O)N1CCN1CCc2sccc2[C@@H]1C1CC1. The van der Waals surface area contributed by atoms with E-state index < -0.39 is 0 Å². The summed E-state index contributed by atoms with van der Waals surface area (Å²) in [6, 6.07) is 9.89. The summed E-state index contributed by atoms with van der Waals surface area (Å²) in [5, 5.41) is 2.20. The van der Waals surface area contributed by atoms with E-state index in [4.69, 9.17) is 0 Å². The van der Waals surface area contributed by atoms with Crippen molar-refractivity contribution < 1.29 is 9.59 Å². The van der Waals surface area contributed by atoms with Crippen molar-refractivity contribution in [3.63, 3.8) is 0 Å². The normalized spacial score (nSPS) is 23.0. The number of thiophene rings is 1. The Bertz CT molecular complexity index is 820. The highest BCUT2D eigenvalue weighted by Gasteiger charge is 2.41. The van der Waals surface area contributed by atoms with Gasteiger partial charge in [-0.2, -0.15) is 0 Å². The Balaban J connectivity index is 1.34. The summed E-state index contributed by atoms with van der Waals surface area (Å²) >= 11 is 1.87. The Hall–Kier alpha value is -1.98. The number of imide groups is 1. The summed E-state index contributed by atoms with van der Waals surface area (Å²) < 4.78 is 0. The molecule has 0 bridgehead atoms. The van der Waals surface area contributed by atoms with Crippen molar-refractivity contribution in [2.75, 3.05) is 19.6 Å². The lowest BCUT2D eigenvalue weighted by atomic mass is 9.96. The van der Waals surface area contributed by atoms with Crippen molar-refractivity contribution in [2.24, 2.45) is 5.92 Å². The third-order valence-electron chi connectivity index (χ3n) is 5.68. The average Bonchev–Trinajstić information content (AvgIpc) is 3.31. The van der Waals surface area contributed by atoms with E-state index in [2.05, 4.69) is 16.3 Å². The Morgan fingerprint density at radius 2 is 1.72 bits per heavy atom. The van der Waals surface area contributed by atoms with Crippen molar-refractivity contribution in [1.29, 1.82) is 0 Å². The van der Waals surface area contributed by atoms with E-state index in [0.717, 1.165) is 25.4 Å². The number of fused-ring (bicyclic) bond motifs is 2. The second-order valence-electron chi connectivity index (χ2n) is 7.17. The van der Waals surface area contributed by atoms with Gasteiger partial charge in [0.25, 0.3) is 11.8 Å². The molecule has 0 unspecified atom stereocenters. The van der Waals surface area contributed by atoms with Gasteiger partial charge in [0.15, 0.2) is 0 Å². The maximum Gasteiger partial charge on any atom is 0.261 e. The van der Waals surface area contributed by atoms with Crippen molar-refractivity contribution in [3.8, 4) is 0 Å². The first-order valence-electron chi connectivity index (χ1n) is 8.99. The van der Waals surface area contributed by atoms with Crippen molar-refractivity contribution in [3.05, 3.63) is 57.3 Å². The maximum absolute atomic E-state index is 12.6. The third-order valence-corrected chi connectivity index (χ3v) is 6.67. The van der Waals surface area contributed by atoms with Gasteiger partial charge in [0.2, 0.25) is 0 Å². The molecule has 4 nitrogen and oxygen atoms in total. The highest BCUT2D eigenvalue weighted by molar-refractivity contribution is 7.10. The average molecular weight is 352 g/mol. The summed E-state index contributed by atoms with van der Waals surface area (Å²) in [5.74, 6) is 0.462. The van der Waals surface area contributed by atoms with Crippen LogP contribution in [0.2, 0.25) is 0 Å². The fourth-order valence-electron chi connectivity index (χ4n) is 4.28. The predicted octanol–water partition coefficient (Wildman–Crippen LogP) is 3.35. The highest BCUT2D eigenvalue weighted by Crippen LogP contribution is 2.48. The van der Waals surface area contributed by atoms with E-state index in [9.17, 15) is 9.59 Å². The lowest BCUT2D eigenvalue weighted by Crippen LogP contribution is -2.42. The largest absolute Gasteiger partial charge is 0.294 e. The molecule has 128 valence electrons. The standard InChI is InChI=1S/C20H20N2O2S/c23-19-14-3-1-2-4-15(14)20(24)22(19)11-10-21-9-7-17-16(8-12-25-17)18(21)13-5-6-13/h1-4,8,12-13,18H,5-7,9-11H2/t18-/m0/s1. The smallest absolute Gasteiger partial charge is 0.261 e. The molecule has 1 atom stereocenters. The third kappa shape index (κ3) is 2.45. The molecule has 0 spiro atoms. The minimum Gasteiger partial charge on any atom is -0.294 e. The number of nitrogens with zero attached hydrogens (tertiary/aromatic N) is 2. The molecule has 3 heterocycles. The monoisotopic (exact) mass is 352 g/mol. The molecule has 2 aromatic rings. The first kappa shape index (κ1) is 15.3. The molecule has 1 aromatic heterocycles. The summed E-state index contributed by atoms with van der Waals surface area (Å²) in [6.45, 7) is 2.27. The van der Waals surface area contributed by atoms with Gasteiger partial charge in [-0.3, -0.25) is 19.4 Å². The lowest BCUT2D eigenvalue weighted by molar-refractivity contribution is 0.0614. The summed E-state index contributed by atoms with van der Waals surface area (Å²) in [7, 11) is 0. The molecular formula is C20H20N2O2S. The van der Waals surface area contributed by atoms with Crippen LogP contribution in [0.15, 0.2) is 35.7 Å². The van der Waals surface area contributed by atoms with Crippen LogP contribution in [0.5, 0.6) is 0 Å². The second kappa shape index (κ2) is 5.78. The van der Waals surface area contributed by atoms with Gasteiger partial charge in [0, 0.05) is 30.6 Å². The molecule has 1 saturated carbocycles. The maximum atomic E-state index is 12.6. The fourth-order valence-corrected chi connectivity index (χ4v) is 5.20. The Morgan fingerprint density at radius 3 is 2.40 bits per heavy atom. The van der Waals surface area contributed by atoms with E-state index in [1.54, 1.807) is 12.1 Å². The fraction of sp³-hybridized carbons (Fsp3) is 0.400. The molecule has 0 radical (unpaired) electrons. The van der Waals surface area contributed by atoms with Crippen LogP contribution >= 0.6 is 11.3 Å². The quantitative estimate of drug-likeness (QED) is 0.793. The van der Waals surface area contributed by atoms with E-state index in [0.29, 0.717) is 23.7 Å². The van der Waals surface area contributed by atoms with Gasteiger partial charge in [0.1, 0.15) is 0 Å². The van der Waals surface area contributed by atoms with Crippen LogP contribution in [0.25, 0.3) is 0 Å². The molecular weight excluding hydrogens is 332 g/mol. The second-order valence-corrected chi connectivity index (χ2v) is 8.18. The molecule has 5 heteroatoms. The van der Waals surface area contributed by atoms with Crippen LogP contribution in [-0.4, -0.2) is 41.2 Å². The van der Waals surface area contributed by atoms with Gasteiger partial charge in [-0.25, -0.2) is 0 Å². The summed E-state index contributed by atoms with van der Waals surface area (Å²) in [6.07, 6.45) is 3.67. The molecule has 3 aliphatic rings. The van der Waals surface area contributed by atoms with Crippen LogP contribution in [0.4, 0.5) is 0 Å². The molecule has 2 amide bonds. The number of carbonyl (C=O) groups is 2. The van der Waals surface area contributed by atoms with Crippen LogP contribution < -0.4 is 0 Å². The van der Waals surface area contributed by atoms with Crippen LogP contribution in [0, 0.1) is 5.92 Å². The molecule has 0 N–H and O–H groups in total. The van der Waals surface area contributed by atoms with Crippen LogP contribution in [0.1, 0.15) is 50.0 Å². The van der Waals surface area contributed by atoms with Crippen LogP contribution in [0.3, 0.4) is 0 Å². The van der Waals surface area contributed by atoms with Gasteiger partial charge < -0.3 is 0 Å². The van der Waals surface area contributed by atoms with E-state index >= 15 is 0 Å². The highest BCUT2D eigenvalue weighted by atomic mass is 32.1. The van der Waals surface area contributed by atoms with Crippen LogP contribution in [-0.2, 0) is 6.42 Å². The van der Waals surface area contributed by atoms with Gasteiger partial charge >= 0.3 is 0 Å². The molecule has 1 aliphatic carbocycles. The van der Waals surface area contributed by atoms with Gasteiger partial charge in [-0.1, -0.05) is 12.1 Å². The Labute approximate surface area is 151 Å². The Kier molecular flexibility index (Phi) is 3.54. The van der Waals surface area contributed by atoms with Crippen molar-refractivity contribution in [2.45, 2.75) is 25.3 Å². The van der Waals surface area contributed by atoms with Gasteiger partial charge in [0.05, 0.1) is 11.1 Å². The Morgan fingerprint density at radius 1 is 1.00 bits per heavy atom. The van der Waals surface area contributed by atoms with Crippen molar-refractivity contribution >= 4 is 23.2 Å². The van der Waals surface area contributed by atoms with E-state index in [1.807, 2.05) is 23.5 Å². The zero-order valence-electron chi connectivity index (χ0n) is 14.0. The number of benzene rings is 1. The first-order chi connectivity index (χ1) is 12.2. The number of carbonyl (C=O) groups excluding carboxylic acids is 2. The molecule has 0 saturated heterocycles. The molecule has 1 fully saturated rings. The molecule has 25 heavy (non-hydrogen) atoms. The van der Waals surface area contributed by atoms with E-state index in [-0.39, 0.29) is 11.8 Å². The molecule has 1 aromatic carbocycles. The zero-order valence-corrected chi connectivity index (χ0v) is 14.8. The minimum absolute atomic E-state index is 0.142. The first-order valence-corrected chi connectivity index (χ1v) is 9.87. The zero-order chi connectivity index (χ0) is 17.0. The van der Waals surface area contributed by atoms with Crippen molar-refractivity contribution in [1.82, 2.24) is 9.80 Å². The predicted molar refractivity (Wildman–Crippen MR) is 96.9 cm³/mol. The molecule has 2 aliphatic heterocycles. The number of hydrogen-bond acceptors (Lipinski definition) is 4.